The van der Waals surface area contributed by atoms with Gasteiger partial charge in [0.1, 0.15) is 0 Å². The topological polar surface area (TPSA) is 84.9 Å². The highest BCUT2D eigenvalue weighted by Crippen LogP contribution is 2.00. The second-order valence-corrected chi connectivity index (χ2v) is 3.75. The van der Waals surface area contributed by atoms with Gasteiger partial charge in [-0.3, -0.25) is 9.59 Å². The minimum absolute atomic E-state index is 0.105. The minimum Gasteiger partial charge on any atom is -0.481 e. The Balaban J connectivity index is 3.63. The largest absolute Gasteiger partial charge is 0.481 e. The average Bonchev–Trinajstić information content (AvgIpc) is 2.32. The Bertz CT molecular complexity index is 239. The second kappa shape index (κ2) is 11.0. The average molecular weight is 261 g/mol. The lowest BCUT2D eigenvalue weighted by Gasteiger charge is -2.17. The van der Waals surface area contributed by atoms with E-state index in [0.29, 0.717) is 39.0 Å². The number of ether oxygens (including phenoxy) is 2. The zero-order chi connectivity index (χ0) is 13.8. The van der Waals surface area contributed by atoms with E-state index in [9.17, 15) is 9.59 Å². The van der Waals surface area contributed by atoms with E-state index in [0.717, 1.165) is 0 Å². The molecule has 0 aromatic rings. The summed E-state index contributed by atoms with van der Waals surface area (Å²) in [6.45, 7) is 5.09. The summed E-state index contributed by atoms with van der Waals surface area (Å²) in [6, 6.07) is 0. The lowest BCUT2D eigenvalue weighted by molar-refractivity contribution is -0.140. The minimum atomic E-state index is -0.830. The monoisotopic (exact) mass is 261 g/mol. The van der Waals surface area contributed by atoms with Crippen molar-refractivity contribution in [3.63, 3.8) is 0 Å². The number of aliphatic carboxylic acids is 1. The molecular formula is C12H23NO5. The lowest BCUT2D eigenvalue weighted by Crippen LogP contribution is -2.35. The van der Waals surface area contributed by atoms with Crippen molar-refractivity contribution < 1.29 is 24.2 Å². The molecule has 0 radical (unpaired) electrons. The van der Waals surface area contributed by atoms with E-state index < -0.39 is 12.3 Å². The molecule has 2 N–H and O–H groups in total. The third kappa shape index (κ3) is 10.0. The first kappa shape index (κ1) is 16.9. The van der Waals surface area contributed by atoms with E-state index >= 15 is 0 Å². The molecule has 0 aliphatic carbocycles. The van der Waals surface area contributed by atoms with Crippen molar-refractivity contribution in [2.75, 3.05) is 19.8 Å². The van der Waals surface area contributed by atoms with Crippen LogP contribution in [0.15, 0.2) is 0 Å². The Morgan fingerprint density at radius 2 is 1.67 bits per heavy atom. The first-order valence-electron chi connectivity index (χ1n) is 6.31. The Morgan fingerprint density at radius 1 is 1.11 bits per heavy atom. The molecule has 0 aliphatic rings. The van der Waals surface area contributed by atoms with Crippen LogP contribution in [0.1, 0.15) is 39.5 Å². The van der Waals surface area contributed by atoms with Gasteiger partial charge in [-0.15, -0.1) is 0 Å². The number of amides is 1. The van der Waals surface area contributed by atoms with Gasteiger partial charge in [0.2, 0.25) is 5.91 Å². The Hall–Kier alpha value is -1.14. The Kier molecular flexibility index (Phi) is 10.3. The summed E-state index contributed by atoms with van der Waals surface area (Å²) >= 11 is 0. The molecular weight excluding hydrogens is 238 g/mol. The van der Waals surface area contributed by atoms with Gasteiger partial charge < -0.3 is 19.9 Å². The summed E-state index contributed by atoms with van der Waals surface area (Å²) in [7, 11) is 0. The number of carboxylic acid groups (broad SMARTS) is 1. The molecule has 0 unspecified atom stereocenters. The summed E-state index contributed by atoms with van der Waals surface area (Å²) in [4.78, 5) is 21.7. The van der Waals surface area contributed by atoms with Crippen molar-refractivity contribution in [2.24, 2.45) is 0 Å². The Labute approximate surface area is 108 Å². The van der Waals surface area contributed by atoms with Crippen molar-refractivity contribution >= 4 is 11.9 Å². The molecule has 18 heavy (non-hydrogen) atoms. The molecule has 0 aromatic heterocycles. The summed E-state index contributed by atoms with van der Waals surface area (Å²) in [5, 5.41) is 11.1. The fourth-order valence-corrected chi connectivity index (χ4v) is 1.39. The van der Waals surface area contributed by atoms with Crippen LogP contribution in [0, 0.1) is 0 Å². The number of rotatable bonds is 11. The predicted molar refractivity (Wildman–Crippen MR) is 66.2 cm³/mol. The molecule has 0 bridgehead atoms. The zero-order valence-electron chi connectivity index (χ0n) is 11.1. The number of carboxylic acids is 1. The van der Waals surface area contributed by atoms with E-state index in [1.165, 1.54) is 0 Å². The molecule has 0 saturated carbocycles. The first-order chi connectivity index (χ1) is 8.60. The number of hydrogen-bond donors (Lipinski definition) is 2. The van der Waals surface area contributed by atoms with Gasteiger partial charge in [0.15, 0.2) is 6.29 Å². The van der Waals surface area contributed by atoms with Crippen LogP contribution >= 0.6 is 0 Å². The SMILES string of the molecule is CCOC(CNC(=O)CCCCC(=O)O)OCC. The van der Waals surface area contributed by atoms with Crippen LogP contribution in [0.25, 0.3) is 0 Å². The van der Waals surface area contributed by atoms with Crippen LogP contribution in [0.3, 0.4) is 0 Å². The molecule has 6 heteroatoms. The van der Waals surface area contributed by atoms with Gasteiger partial charge >= 0.3 is 5.97 Å². The van der Waals surface area contributed by atoms with E-state index in [4.69, 9.17) is 14.6 Å². The molecule has 0 rings (SSSR count). The molecule has 0 aliphatic heterocycles. The molecule has 0 spiro atoms. The summed E-state index contributed by atoms with van der Waals surface area (Å²) in [5.41, 5.74) is 0. The summed E-state index contributed by atoms with van der Waals surface area (Å²) in [6.07, 6.45) is 1.12. The number of carbonyl (C=O) groups excluding carboxylic acids is 1. The number of unbranched alkanes of at least 4 members (excludes halogenated alkanes) is 1. The van der Waals surface area contributed by atoms with Gasteiger partial charge in [0, 0.05) is 26.1 Å². The maximum absolute atomic E-state index is 11.4. The van der Waals surface area contributed by atoms with Gasteiger partial charge in [-0.1, -0.05) is 0 Å². The zero-order valence-corrected chi connectivity index (χ0v) is 11.1. The van der Waals surface area contributed by atoms with Crippen LogP contribution in [-0.4, -0.2) is 43.0 Å². The van der Waals surface area contributed by atoms with Gasteiger partial charge in [0.05, 0.1) is 6.54 Å². The highest BCUT2D eigenvalue weighted by molar-refractivity contribution is 5.75. The standard InChI is InChI=1S/C12H23NO5/c1-3-17-12(18-4-2)9-13-10(14)7-5-6-8-11(15)16/h12H,3-9H2,1-2H3,(H,13,14)(H,15,16). The molecule has 0 heterocycles. The molecule has 106 valence electrons. The third-order valence-electron chi connectivity index (χ3n) is 2.22. The van der Waals surface area contributed by atoms with Crippen molar-refractivity contribution in [3.8, 4) is 0 Å². The van der Waals surface area contributed by atoms with Gasteiger partial charge in [-0.05, 0) is 26.7 Å². The normalized spacial score (nSPS) is 10.6. The van der Waals surface area contributed by atoms with Crippen molar-refractivity contribution in [3.05, 3.63) is 0 Å². The summed E-state index contributed by atoms with van der Waals surface area (Å²) < 4.78 is 10.6. The maximum atomic E-state index is 11.4. The molecule has 0 atom stereocenters. The Morgan fingerprint density at radius 3 is 2.17 bits per heavy atom. The summed E-state index contributed by atoms with van der Waals surface area (Å²) in [5.74, 6) is -0.937. The number of hydrogen-bond acceptors (Lipinski definition) is 4. The highest BCUT2D eigenvalue weighted by Gasteiger charge is 2.09. The van der Waals surface area contributed by atoms with Gasteiger partial charge in [0.25, 0.3) is 0 Å². The van der Waals surface area contributed by atoms with Crippen LogP contribution in [-0.2, 0) is 19.1 Å². The molecule has 0 fully saturated rings. The first-order valence-corrected chi connectivity index (χ1v) is 6.31. The maximum Gasteiger partial charge on any atom is 0.303 e. The lowest BCUT2D eigenvalue weighted by atomic mass is 10.2. The van der Waals surface area contributed by atoms with Crippen LogP contribution in [0.2, 0.25) is 0 Å². The second-order valence-electron chi connectivity index (χ2n) is 3.75. The van der Waals surface area contributed by atoms with E-state index in [1.807, 2.05) is 13.8 Å². The predicted octanol–water partition coefficient (Wildman–Crippen LogP) is 1.15. The van der Waals surface area contributed by atoms with Gasteiger partial charge in [-0.25, -0.2) is 0 Å². The molecule has 0 saturated heterocycles. The fraction of sp³-hybridized carbons (Fsp3) is 0.833. The molecule has 1 amide bonds. The molecule has 0 aromatic carbocycles. The highest BCUT2D eigenvalue weighted by atomic mass is 16.7. The quantitative estimate of drug-likeness (QED) is 0.430. The van der Waals surface area contributed by atoms with E-state index in [2.05, 4.69) is 5.32 Å². The fourth-order valence-electron chi connectivity index (χ4n) is 1.39. The van der Waals surface area contributed by atoms with Crippen LogP contribution < -0.4 is 5.32 Å². The van der Waals surface area contributed by atoms with Crippen molar-refractivity contribution in [1.29, 1.82) is 0 Å². The molecule has 6 nitrogen and oxygen atoms in total. The van der Waals surface area contributed by atoms with Crippen LogP contribution in [0.4, 0.5) is 0 Å². The van der Waals surface area contributed by atoms with E-state index in [-0.39, 0.29) is 12.3 Å². The van der Waals surface area contributed by atoms with Gasteiger partial charge in [-0.2, -0.15) is 0 Å². The van der Waals surface area contributed by atoms with E-state index in [1.54, 1.807) is 0 Å². The van der Waals surface area contributed by atoms with Crippen molar-refractivity contribution in [1.82, 2.24) is 5.32 Å². The van der Waals surface area contributed by atoms with Crippen molar-refractivity contribution in [2.45, 2.75) is 45.8 Å². The smallest absolute Gasteiger partial charge is 0.303 e. The third-order valence-corrected chi connectivity index (χ3v) is 2.22. The number of carbonyl (C=O) groups is 2. The number of nitrogens with one attached hydrogen (secondary N) is 1. The van der Waals surface area contributed by atoms with Crippen LogP contribution in [0.5, 0.6) is 0 Å².